The maximum absolute atomic E-state index is 13.2. The van der Waals surface area contributed by atoms with Crippen LogP contribution in [0.25, 0.3) is 0 Å². The number of aromatic nitrogens is 1. The van der Waals surface area contributed by atoms with Gasteiger partial charge >= 0.3 is 0 Å². The molecule has 1 fully saturated rings. The van der Waals surface area contributed by atoms with Crippen LogP contribution in [-0.2, 0) is 13.0 Å². The Bertz CT molecular complexity index is 1050. The second kappa shape index (κ2) is 11.5. The summed E-state index contributed by atoms with van der Waals surface area (Å²) in [7, 11) is 0. The summed E-state index contributed by atoms with van der Waals surface area (Å²) in [6.45, 7) is 4.91. The molecule has 1 N–H and O–H groups in total. The van der Waals surface area contributed by atoms with Crippen molar-refractivity contribution in [3.05, 3.63) is 53.1 Å². The molecule has 9 heteroatoms. The SMILES string of the molecule is O=C1c2ccc(OC3CCN(CCF)CC3)nc2OCCN1CC(O)CN1CCc2ccccc2C1. The number of carbonyl (C=O) groups is 1. The summed E-state index contributed by atoms with van der Waals surface area (Å²) in [5, 5.41) is 10.8. The number of carbonyl (C=O) groups excluding carboxylic acids is 1. The minimum absolute atomic E-state index is 0.0151. The number of alkyl halides is 1. The van der Waals surface area contributed by atoms with Crippen LogP contribution >= 0.6 is 0 Å². The molecule has 0 bridgehead atoms. The normalized spacial score (nSPS) is 20.3. The van der Waals surface area contributed by atoms with Gasteiger partial charge in [0, 0.05) is 51.9 Å². The number of hydrogen-bond acceptors (Lipinski definition) is 7. The molecule has 1 amide bonds. The Hall–Kier alpha value is -2.75. The average molecular weight is 499 g/mol. The maximum atomic E-state index is 13.2. The third-order valence-electron chi connectivity index (χ3n) is 7.28. The van der Waals surface area contributed by atoms with Crippen molar-refractivity contribution in [2.45, 2.75) is 38.0 Å². The van der Waals surface area contributed by atoms with E-state index in [1.807, 2.05) is 6.07 Å². The van der Waals surface area contributed by atoms with Crippen LogP contribution in [0.3, 0.4) is 0 Å². The van der Waals surface area contributed by atoms with E-state index in [1.165, 1.54) is 11.1 Å². The summed E-state index contributed by atoms with van der Waals surface area (Å²) in [6, 6.07) is 11.8. The van der Waals surface area contributed by atoms with Crippen LogP contribution in [0.1, 0.15) is 34.3 Å². The topological polar surface area (TPSA) is 78.4 Å². The van der Waals surface area contributed by atoms with E-state index in [-0.39, 0.29) is 31.1 Å². The molecule has 36 heavy (non-hydrogen) atoms. The van der Waals surface area contributed by atoms with Gasteiger partial charge in [-0.15, -0.1) is 0 Å². The van der Waals surface area contributed by atoms with E-state index in [4.69, 9.17) is 9.47 Å². The smallest absolute Gasteiger partial charge is 0.259 e. The van der Waals surface area contributed by atoms with Crippen molar-refractivity contribution in [1.29, 1.82) is 0 Å². The summed E-state index contributed by atoms with van der Waals surface area (Å²) in [4.78, 5) is 23.7. The lowest BCUT2D eigenvalue weighted by Crippen LogP contribution is -2.44. The van der Waals surface area contributed by atoms with E-state index < -0.39 is 6.10 Å². The van der Waals surface area contributed by atoms with Gasteiger partial charge in [0.1, 0.15) is 24.9 Å². The number of likely N-dealkylation sites (tertiary alicyclic amines) is 1. The molecule has 0 saturated carbocycles. The van der Waals surface area contributed by atoms with Crippen molar-refractivity contribution in [3.8, 4) is 11.8 Å². The van der Waals surface area contributed by atoms with Crippen LogP contribution in [0.5, 0.6) is 11.8 Å². The number of amides is 1. The van der Waals surface area contributed by atoms with Gasteiger partial charge in [0.05, 0.1) is 12.6 Å². The lowest BCUT2D eigenvalue weighted by atomic mass is 10.00. The molecule has 194 valence electrons. The van der Waals surface area contributed by atoms with E-state index >= 15 is 0 Å². The fourth-order valence-corrected chi connectivity index (χ4v) is 5.32. The zero-order valence-corrected chi connectivity index (χ0v) is 20.6. The highest BCUT2D eigenvalue weighted by Crippen LogP contribution is 2.26. The molecule has 1 unspecified atom stereocenters. The Morgan fingerprint density at radius 3 is 2.67 bits per heavy atom. The van der Waals surface area contributed by atoms with Gasteiger partial charge in [-0.25, -0.2) is 4.39 Å². The molecule has 3 aliphatic rings. The first-order valence-electron chi connectivity index (χ1n) is 12.9. The number of aliphatic hydroxyl groups excluding tert-OH is 1. The largest absolute Gasteiger partial charge is 0.475 e. The predicted molar refractivity (Wildman–Crippen MR) is 133 cm³/mol. The molecule has 1 saturated heterocycles. The Morgan fingerprint density at radius 2 is 1.86 bits per heavy atom. The third kappa shape index (κ3) is 5.96. The molecule has 2 aromatic rings. The number of piperidine rings is 1. The highest BCUT2D eigenvalue weighted by molar-refractivity contribution is 5.96. The van der Waals surface area contributed by atoms with Gasteiger partial charge < -0.3 is 24.4 Å². The fourth-order valence-electron chi connectivity index (χ4n) is 5.32. The van der Waals surface area contributed by atoms with Gasteiger partial charge in [0.2, 0.25) is 11.8 Å². The average Bonchev–Trinajstić information content (AvgIpc) is 3.03. The highest BCUT2D eigenvalue weighted by atomic mass is 19.1. The molecular weight excluding hydrogens is 463 g/mol. The Labute approximate surface area is 211 Å². The minimum Gasteiger partial charge on any atom is -0.475 e. The van der Waals surface area contributed by atoms with Gasteiger partial charge in [-0.2, -0.15) is 4.98 Å². The number of pyridine rings is 1. The quantitative estimate of drug-likeness (QED) is 0.598. The van der Waals surface area contributed by atoms with Gasteiger partial charge in [-0.05, 0) is 36.5 Å². The van der Waals surface area contributed by atoms with Crippen molar-refractivity contribution < 1.29 is 23.8 Å². The van der Waals surface area contributed by atoms with E-state index in [2.05, 4.69) is 33.0 Å². The number of rotatable bonds is 8. The molecule has 0 spiro atoms. The van der Waals surface area contributed by atoms with E-state index in [9.17, 15) is 14.3 Å². The second-order valence-corrected chi connectivity index (χ2v) is 9.86. The molecule has 0 aliphatic carbocycles. The Balaban J connectivity index is 1.16. The predicted octanol–water partition coefficient (Wildman–Crippen LogP) is 2.15. The monoisotopic (exact) mass is 498 g/mol. The molecule has 0 radical (unpaired) electrons. The van der Waals surface area contributed by atoms with Crippen LogP contribution in [0, 0.1) is 0 Å². The number of β-amino-alcohol motifs (C(OH)–C–C–N with tert-alkyl or cyclic N) is 1. The summed E-state index contributed by atoms with van der Waals surface area (Å²) >= 11 is 0. The van der Waals surface area contributed by atoms with Gasteiger partial charge in [0.25, 0.3) is 5.91 Å². The molecule has 3 aliphatic heterocycles. The van der Waals surface area contributed by atoms with E-state index in [0.717, 1.165) is 45.4 Å². The van der Waals surface area contributed by atoms with Gasteiger partial charge in [-0.1, -0.05) is 24.3 Å². The first-order chi connectivity index (χ1) is 17.6. The lowest BCUT2D eigenvalue weighted by molar-refractivity contribution is 0.0501. The first-order valence-corrected chi connectivity index (χ1v) is 12.9. The molecule has 4 heterocycles. The number of nitrogens with zero attached hydrogens (tertiary/aromatic N) is 4. The van der Waals surface area contributed by atoms with Gasteiger partial charge in [0.15, 0.2) is 0 Å². The number of ether oxygens (including phenoxy) is 2. The zero-order valence-electron chi connectivity index (χ0n) is 20.6. The van der Waals surface area contributed by atoms with Crippen LogP contribution < -0.4 is 9.47 Å². The number of hydrogen-bond donors (Lipinski definition) is 1. The van der Waals surface area contributed by atoms with Crippen molar-refractivity contribution in [2.75, 3.05) is 59.1 Å². The summed E-state index contributed by atoms with van der Waals surface area (Å²) in [5.74, 6) is 0.519. The number of fused-ring (bicyclic) bond motifs is 2. The van der Waals surface area contributed by atoms with Crippen molar-refractivity contribution in [3.63, 3.8) is 0 Å². The summed E-state index contributed by atoms with van der Waals surface area (Å²) in [5.41, 5.74) is 3.06. The third-order valence-corrected chi connectivity index (χ3v) is 7.28. The number of benzene rings is 1. The minimum atomic E-state index is -0.653. The number of halogens is 1. The van der Waals surface area contributed by atoms with E-state index in [1.54, 1.807) is 17.0 Å². The van der Waals surface area contributed by atoms with Crippen molar-refractivity contribution in [2.24, 2.45) is 0 Å². The Morgan fingerprint density at radius 1 is 1.06 bits per heavy atom. The Kier molecular flexibility index (Phi) is 7.99. The van der Waals surface area contributed by atoms with Crippen LogP contribution in [0.2, 0.25) is 0 Å². The second-order valence-electron chi connectivity index (χ2n) is 9.86. The molecule has 1 aromatic heterocycles. The van der Waals surface area contributed by atoms with Gasteiger partial charge in [-0.3, -0.25) is 9.69 Å². The zero-order chi connectivity index (χ0) is 24.9. The molecule has 1 aromatic carbocycles. The molecule has 8 nitrogen and oxygen atoms in total. The van der Waals surface area contributed by atoms with Crippen LogP contribution in [-0.4, -0.2) is 102 Å². The standard InChI is InChI=1S/C27H35FN4O4/c28-10-14-30-12-8-23(9-13-30)36-25-6-5-24-26(29-25)35-16-15-32(27(24)34)19-22(33)18-31-11-7-20-3-1-2-4-21(20)17-31/h1-6,22-23,33H,7-19H2. The van der Waals surface area contributed by atoms with E-state index in [0.29, 0.717) is 37.7 Å². The first kappa shape index (κ1) is 24.9. The fraction of sp³-hybridized carbons (Fsp3) is 0.556. The summed E-state index contributed by atoms with van der Waals surface area (Å²) in [6.07, 6.45) is 1.96. The summed E-state index contributed by atoms with van der Waals surface area (Å²) < 4.78 is 24.4. The lowest BCUT2D eigenvalue weighted by Gasteiger charge is -2.32. The highest BCUT2D eigenvalue weighted by Gasteiger charge is 2.28. The van der Waals surface area contributed by atoms with Crippen molar-refractivity contribution >= 4 is 5.91 Å². The van der Waals surface area contributed by atoms with Crippen LogP contribution in [0.4, 0.5) is 4.39 Å². The molecular formula is C27H35FN4O4. The van der Waals surface area contributed by atoms with Crippen LogP contribution in [0.15, 0.2) is 36.4 Å². The van der Waals surface area contributed by atoms with Crippen molar-refractivity contribution in [1.82, 2.24) is 19.7 Å². The maximum Gasteiger partial charge on any atom is 0.259 e. The molecule has 5 rings (SSSR count). The number of aliphatic hydroxyl groups is 1. The molecule has 1 atom stereocenters.